The van der Waals surface area contributed by atoms with Crippen molar-refractivity contribution < 1.29 is 14.6 Å². The highest BCUT2D eigenvalue weighted by Crippen LogP contribution is 2.24. The average molecular weight is 215 g/mol. The van der Waals surface area contributed by atoms with Crippen LogP contribution in [0.1, 0.15) is 33.6 Å². The number of carbonyl (C=O) groups excluding carboxylic acids is 1. The second kappa shape index (κ2) is 4.94. The maximum atomic E-state index is 11.5. The quantitative estimate of drug-likeness (QED) is 0.725. The molecule has 1 saturated heterocycles. The first-order valence-electron chi connectivity index (χ1n) is 5.61. The number of hydrogen-bond donors (Lipinski definition) is 2. The molecular formula is C11H21NO3. The standard InChI is InChI=1S/C11H21NO3/c1-4-8(2)10(13)12-7-11(14)5-6-15-9(11)3/h8-9,14H,4-7H2,1-3H3,(H,12,13). The van der Waals surface area contributed by atoms with Crippen LogP contribution in [0.5, 0.6) is 0 Å². The lowest BCUT2D eigenvalue weighted by molar-refractivity contribution is -0.126. The van der Waals surface area contributed by atoms with Crippen molar-refractivity contribution in [2.45, 2.75) is 45.3 Å². The Labute approximate surface area is 91.0 Å². The molecule has 0 spiro atoms. The first-order valence-corrected chi connectivity index (χ1v) is 5.61. The number of carbonyl (C=O) groups is 1. The fraction of sp³-hybridized carbons (Fsp3) is 0.909. The number of rotatable bonds is 4. The van der Waals surface area contributed by atoms with Crippen LogP contribution in [-0.2, 0) is 9.53 Å². The third-order valence-electron chi connectivity index (χ3n) is 3.29. The molecule has 1 fully saturated rings. The summed E-state index contributed by atoms with van der Waals surface area (Å²) in [6.07, 6.45) is 1.21. The monoisotopic (exact) mass is 215 g/mol. The van der Waals surface area contributed by atoms with Crippen LogP contribution in [0.4, 0.5) is 0 Å². The first kappa shape index (κ1) is 12.5. The summed E-state index contributed by atoms with van der Waals surface area (Å²) in [7, 11) is 0. The van der Waals surface area contributed by atoms with Crippen LogP contribution in [-0.4, -0.2) is 35.9 Å². The molecule has 3 atom stereocenters. The molecule has 3 unspecified atom stereocenters. The Hall–Kier alpha value is -0.610. The smallest absolute Gasteiger partial charge is 0.222 e. The van der Waals surface area contributed by atoms with E-state index in [1.807, 2.05) is 20.8 Å². The average Bonchev–Trinajstić information content (AvgIpc) is 2.55. The summed E-state index contributed by atoms with van der Waals surface area (Å²) in [5, 5.41) is 12.9. The van der Waals surface area contributed by atoms with Gasteiger partial charge in [0.2, 0.25) is 5.91 Å². The summed E-state index contributed by atoms with van der Waals surface area (Å²) in [5.74, 6) is 0.0104. The minimum absolute atomic E-state index is 0.00465. The van der Waals surface area contributed by atoms with Crippen LogP contribution in [0.25, 0.3) is 0 Å². The van der Waals surface area contributed by atoms with E-state index in [-0.39, 0.29) is 24.5 Å². The van der Waals surface area contributed by atoms with Gasteiger partial charge in [-0.2, -0.15) is 0 Å². The third kappa shape index (κ3) is 2.92. The van der Waals surface area contributed by atoms with E-state index in [1.54, 1.807) is 0 Å². The fourth-order valence-electron chi connectivity index (χ4n) is 1.60. The van der Waals surface area contributed by atoms with Gasteiger partial charge in [0, 0.05) is 25.5 Å². The molecule has 4 nitrogen and oxygen atoms in total. The first-order chi connectivity index (χ1) is 6.99. The SMILES string of the molecule is CCC(C)C(=O)NCC1(O)CCOC1C. The zero-order chi connectivity index (χ0) is 11.5. The largest absolute Gasteiger partial charge is 0.385 e. The molecular weight excluding hydrogens is 194 g/mol. The number of hydrogen-bond acceptors (Lipinski definition) is 3. The molecule has 15 heavy (non-hydrogen) atoms. The molecule has 0 aromatic heterocycles. The van der Waals surface area contributed by atoms with Crippen molar-refractivity contribution in [3.05, 3.63) is 0 Å². The van der Waals surface area contributed by atoms with Crippen LogP contribution in [0, 0.1) is 5.92 Å². The molecule has 1 aliphatic heterocycles. The van der Waals surface area contributed by atoms with Gasteiger partial charge in [-0.05, 0) is 13.3 Å². The maximum Gasteiger partial charge on any atom is 0.222 e. The zero-order valence-electron chi connectivity index (χ0n) is 9.75. The summed E-state index contributed by atoms with van der Waals surface area (Å²) in [4.78, 5) is 11.5. The van der Waals surface area contributed by atoms with Gasteiger partial charge in [0.25, 0.3) is 0 Å². The van der Waals surface area contributed by atoms with Crippen molar-refractivity contribution in [3.63, 3.8) is 0 Å². The normalized spacial score (nSPS) is 32.7. The van der Waals surface area contributed by atoms with E-state index >= 15 is 0 Å². The van der Waals surface area contributed by atoms with Gasteiger partial charge in [-0.25, -0.2) is 0 Å². The van der Waals surface area contributed by atoms with Crippen molar-refractivity contribution in [1.29, 1.82) is 0 Å². The molecule has 4 heteroatoms. The van der Waals surface area contributed by atoms with E-state index in [9.17, 15) is 9.90 Å². The third-order valence-corrected chi connectivity index (χ3v) is 3.29. The van der Waals surface area contributed by atoms with Crippen LogP contribution >= 0.6 is 0 Å². The molecule has 0 aliphatic carbocycles. The van der Waals surface area contributed by atoms with Crippen molar-refractivity contribution in [1.82, 2.24) is 5.32 Å². The van der Waals surface area contributed by atoms with E-state index in [0.29, 0.717) is 13.0 Å². The second-order valence-corrected chi connectivity index (χ2v) is 4.39. The Morgan fingerprint density at radius 2 is 2.40 bits per heavy atom. The maximum absolute atomic E-state index is 11.5. The topological polar surface area (TPSA) is 58.6 Å². The summed E-state index contributed by atoms with van der Waals surface area (Å²) in [6.45, 7) is 6.55. The molecule has 1 rings (SSSR count). The van der Waals surface area contributed by atoms with Gasteiger partial charge >= 0.3 is 0 Å². The molecule has 0 aromatic rings. The van der Waals surface area contributed by atoms with Crippen molar-refractivity contribution >= 4 is 5.91 Å². The molecule has 0 radical (unpaired) electrons. The van der Waals surface area contributed by atoms with E-state index < -0.39 is 5.60 Å². The summed E-state index contributed by atoms with van der Waals surface area (Å²) in [6, 6.07) is 0. The summed E-state index contributed by atoms with van der Waals surface area (Å²) >= 11 is 0. The van der Waals surface area contributed by atoms with Gasteiger partial charge < -0.3 is 15.2 Å². The highest BCUT2D eigenvalue weighted by atomic mass is 16.5. The van der Waals surface area contributed by atoms with Gasteiger partial charge in [0.1, 0.15) is 5.60 Å². The Morgan fingerprint density at radius 3 is 2.87 bits per heavy atom. The molecule has 2 N–H and O–H groups in total. The number of aliphatic hydroxyl groups is 1. The molecule has 88 valence electrons. The fourth-order valence-corrected chi connectivity index (χ4v) is 1.60. The van der Waals surface area contributed by atoms with Gasteiger partial charge in [-0.15, -0.1) is 0 Å². The van der Waals surface area contributed by atoms with Gasteiger partial charge in [-0.1, -0.05) is 13.8 Å². The lowest BCUT2D eigenvalue weighted by Gasteiger charge is -2.26. The lowest BCUT2D eigenvalue weighted by atomic mass is 9.96. The highest BCUT2D eigenvalue weighted by molar-refractivity contribution is 5.78. The molecule has 0 saturated carbocycles. The van der Waals surface area contributed by atoms with Crippen LogP contribution in [0.15, 0.2) is 0 Å². The van der Waals surface area contributed by atoms with Crippen LogP contribution in [0.3, 0.4) is 0 Å². The van der Waals surface area contributed by atoms with Crippen molar-refractivity contribution in [3.8, 4) is 0 Å². The van der Waals surface area contributed by atoms with Gasteiger partial charge in [-0.3, -0.25) is 4.79 Å². The predicted octanol–water partition coefficient (Wildman–Crippen LogP) is 0.689. The number of amides is 1. The van der Waals surface area contributed by atoms with Crippen molar-refractivity contribution in [2.75, 3.05) is 13.2 Å². The zero-order valence-corrected chi connectivity index (χ0v) is 9.75. The van der Waals surface area contributed by atoms with E-state index in [1.165, 1.54) is 0 Å². The van der Waals surface area contributed by atoms with Crippen LogP contribution < -0.4 is 5.32 Å². The molecule has 1 amide bonds. The minimum atomic E-state index is -0.886. The van der Waals surface area contributed by atoms with E-state index in [2.05, 4.69) is 5.32 Å². The molecule has 1 heterocycles. The number of nitrogens with one attached hydrogen (secondary N) is 1. The Morgan fingerprint density at radius 1 is 1.73 bits per heavy atom. The minimum Gasteiger partial charge on any atom is -0.385 e. The molecule has 0 bridgehead atoms. The van der Waals surface area contributed by atoms with Crippen LogP contribution in [0.2, 0.25) is 0 Å². The van der Waals surface area contributed by atoms with Gasteiger partial charge in [0.15, 0.2) is 0 Å². The van der Waals surface area contributed by atoms with Crippen molar-refractivity contribution in [2.24, 2.45) is 5.92 Å². The Kier molecular flexibility index (Phi) is 4.11. The summed E-state index contributed by atoms with van der Waals surface area (Å²) < 4.78 is 5.29. The second-order valence-electron chi connectivity index (χ2n) is 4.39. The Bertz CT molecular complexity index is 232. The predicted molar refractivity (Wildman–Crippen MR) is 57.4 cm³/mol. The van der Waals surface area contributed by atoms with E-state index in [0.717, 1.165) is 6.42 Å². The summed E-state index contributed by atoms with van der Waals surface area (Å²) in [5.41, 5.74) is -0.886. The van der Waals surface area contributed by atoms with E-state index in [4.69, 9.17) is 4.74 Å². The van der Waals surface area contributed by atoms with Gasteiger partial charge in [0.05, 0.1) is 6.10 Å². The highest BCUT2D eigenvalue weighted by Gasteiger charge is 2.39. The molecule has 0 aromatic carbocycles. The lowest BCUT2D eigenvalue weighted by Crippen LogP contribution is -2.48. The molecule has 1 aliphatic rings. The number of ether oxygens (including phenoxy) is 1. The Balaban J connectivity index is 2.39.